The Hall–Kier alpha value is -1.81. The van der Waals surface area contributed by atoms with Crippen molar-refractivity contribution in [2.45, 2.75) is 18.4 Å². The molecule has 2 N–H and O–H groups in total. The van der Waals surface area contributed by atoms with Crippen LogP contribution in [0, 0.1) is 0 Å². The van der Waals surface area contributed by atoms with E-state index < -0.39 is 0 Å². The van der Waals surface area contributed by atoms with Crippen LogP contribution in [0.4, 0.5) is 10.5 Å². The molecule has 1 saturated carbocycles. The Bertz CT molecular complexity index is 623. The van der Waals surface area contributed by atoms with E-state index in [9.17, 15) is 4.79 Å². The first-order valence-electron chi connectivity index (χ1n) is 6.58. The number of halogens is 1. The number of rotatable bonds is 3. The molecule has 2 amide bonds. The first kappa shape index (κ1) is 13.2. The highest BCUT2D eigenvalue weighted by Gasteiger charge is 2.45. The van der Waals surface area contributed by atoms with Crippen LogP contribution in [0.15, 0.2) is 59.1 Å². The molecule has 0 radical (unpaired) electrons. The highest BCUT2D eigenvalue weighted by Crippen LogP contribution is 2.45. The third-order valence-electron chi connectivity index (χ3n) is 3.51. The van der Waals surface area contributed by atoms with Crippen LogP contribution in [-0.4, -0.2) is 6.03 Å². The third kappa shape index (κ3) is 2.85. The Morgan fingerprint density at radius 3 is 2.45 bits per heavy atom. The number of urea groups is 1. The molecule has 3 nitrogen and oxygen atoms in total. The lowest BCUT2D eigenvalue weighted by Gasteiger charge is -2.18. The van der Waals surface area contributed by atoms with Gasteiger partial charge in [-0.1, -0.05) is 52.3 Å². The molecule has 0 atom stereocenters. The van der Waals surface area contributed by atoms with Crippen molar-refractivity contribution in [3.05, 3.63) is 64.6 Å². The molecular weight excluding hydrogens is 316 g/mol. The summed E-state index contributed by atoms with van der Waals surface area (Å²) in [6, 6.07) is 17.5. The minimum atomic E-state index is -0.183. The minimum Gasteiger partial charge on any atom is -0.328 e. The second kappa shape index (κ2) is 5.29. The van der Waals surface area contributed by atoms with Gasteiger partial charge >= 0.3 is 6.03 Å². The number of amides is 2. The van der Waals surface area contributed by atoms with E-state index in [1.165, 1.54) is 5.56 Å². The lowest BCUT2D eigenvalue weighted by molar-refractivity contribution is 0.247. The Balaban J connectivity index is 1.68. The minimum absolute atomic E-state index is 0.163. The number of carbonyl (C=O) groups excluding carboxylic acids is 1. The number of benzene rings is 2. The van der Waals surface area contributed by atoms with E-state index in [0.717, 1.165) is 23.0 Å². The predicted molar refractivity (Wildman–Crippen MR) is 83.7 cm³/mol. The van der Waals surface area contributed by atoms with Crippen molar-refractivity contribution in [1.82, 2.24) is 5.32 Å². The molecule has 0 aromatic heterocycles. The Kier molecular flexibility index (Phi) is 3.49. The summed E-state index contributed by atoms with van der Waals surface area (Å²) in [6.07, 6.45) is 1.98. The average Bonchev–Trinajstić information content (AvgIpc) is 3.20. The second-order valence-corrected chi connectivity index (χ2v) is 5.95. The monoisotopic (exact) mass is 330 g/mol. The first-order valence-corrected chi connectivity index (χ1v) is 7.38. The summed E-state index contributed by atoms with van der Waals surface area (Å²) in [5.41, 5.74) is 1.77. The van der Waals surface area contributed by atoms with Crippen LogP contribution in [-0.2, 0) is 5.54 Å². The van der Waals surface area contributed by atoms with Gasteiger partial charge in [0, 0.05) is 10.2 Å². The maximum absolute atomic E-state index is 12.1. The normalized spacial score (nSPS) is 15.4. The number of nitrogens with one attached hydrogen (secondary N) is 2. The summed E-state index contributed by atoms with van der Waals surface area (Å²) in [5.74, 6) is 0. The zero-order chi connectivity index (χ0) is 14.0. The number of anilines is 1. The summed E-state index contributed by atoms with van der Waals surface area (Å²) >= 11 is 3.39. The summed E-state index contributed by atoms with van der Waals surface area (Å²) in [4.78, 5) is 12.1. The smallest absolute Gasteiger partial charge is 0.319 e. The summed E-state index contributed by atoms with van der Waals surface area (Å²) in [7, 11) is 0. The third-order valence-corrected chi connectivity index (χ3v) is 4.00. The number of carbonyl (C=O) groups is 1. The molecule has 1 fully saturated rings. The van der Waals surface area contributed by atoms with Crippen LogP contribution in [0.2, 0.25) is 0 Å². The highest BCUT2D eigenvalue weighted by molar-refractivity contribution is 9.10. The molecule has 0 unspecified atom stereocenters. The van der Waals surface area contributed by atoms with Gasteiger partial charge in [-0.25, -0.2) is 4.79 Å². The summed E-state index contributed by atoms with van der Waals surface area (Å²) < 4.78 is 0.944. The van der Waals surface area contributed by atoms with E-state index in [4.69, 9.17) is 0 Å². The van der Waals surface area contributed by atoms with Gasteiger partial charge in [-0.3, -0.25) is 0 Å². The van der Waals surface area contributed by atoms with Crippen LogP contribution in [0.5, 0.6) is 0 Å². The average molecular weight is 331 g/mol. The van der Waals surface area contributed by atoms with Crippen molar-refractivity contribution >= 4 is 27.6 Å². The largest absolute Gasteiger partial charge is 0.328 e. The Morgan fingerprint density at radius 2 is 1.80 bits per heavy atom. The Morgan fingerprint density at radius 1 is 1.05 bits per heavy atom. The lowest BCUT2D eigenvalue weighted by Crippen LogP contribution is -2.38. The van der Waals surface area contributed by atoms with E-state index in [2.05, 4.69) is 38.7 Å². The highest BCUT2D eigenvalue weighted by atomic mass is 79.9. The Labute approximate surface area is 126 Å². The predicted octanol–water partition coefficient (Wildman–Crippen LogP) is 4.26. The molecule has 20 heavy (non-hydrogen) atoms. The fraction of sp³-hybridized carbons (Fsp3) is 0.188. The molecule has 1 aliphatic carbocycles. The van der Waals surface area contributed by atoms with Crippen LogP contribution >= 0.6 is 15.9 Å². The van der Waals surface area contributed by atoms with E-state index in [1.54, 1.807) is 0 Å². The van der Waals surface area contributed by atoms with Crippen molar-refractivity contribution in [2.24, 2.45) is 0 Å². The second-order valence-electron chi connectivity index (χ2n) is 5.04. The van der Waals surface area contributed by atoms with Gasteiger partial charge < -0.3 is 10.6 Å². The van der Waals surface area contributed by atoms with Crippen LogP contribution < -0.4 is 10.6 Å². The topological polar surface area (TPSA) is 41.1 Å². The summed E-state index contributed by atoms with van der Waals surface area (Å²) in [6.45, 7) is 0. The van der Waals surface area contributed by atoms with Gasteiger partial charge in [0.15, 0.2) is 0 Å². The van der Waals surface area contributed by atoms with Crippen molar-refractivity contribution in [3.63, 3.8) is 0 Å². The van der Waals surface area contributed by atoms with Gasteiger partial charge in [0.25, 0.3) is 0 Å². The van der Waals surface area contributed by atoms with Crippen molar-refractivity contribution in [3.8, 4) is 0 Å². The molecule has 102 valence electrons. The first-order chi connectivity index (χ1) is 9.68. The molecule has 3 rings (SSSR count). The SMILES string of the molecule is O=C(Nc1cccc(Br)c1)NC1(c2ccccc2)CC1. The van der Waals surface area contributed by atoms with Gasteiger partial charge in [0.1, 0.15) is 0 Å². The molecule has 0 bridgehead atoms. The molecule has 2 aromatic carbocycles. The molecular formula is C16H15BrN2O. The van der Waals surface area contributed by atoms with Gasteiger partial charge in [0.2, 0.25) is 0 Å². The fourth-order valence-electron chi connectivity index (χ4n) is 2.31. The molecule has 0 heterocycles. The van der Waals surface area contributed by atoms with E-state index >= 15 is 0 Å². The lowest BCUT2D eigenvalue weighted by atomic mass is 10.1. The molecule has 4 heteroatoms. The molecule has 0 spiro atoms. The van der Waals surface area contributed by atoms with Crippen molar-refractivity contribution in [1.29, 1.82) is 0 Å². The summed E-state index contributed by atoms with van der Waals surface area (Å²) in [5, 5.41) is 5.95. The van der Waals surface area contributed by atoms with Crippen molar-refractivity contribution < 1.29 is 4.79 Å². The molecule has 2 aromatic rings. The molecule has 0 saturated heterocycles. The zero-order valence-corrected chi connectivity index (χ0v) is 12.5. The van der Waals surface area contributed by atoms with Crippen LogP contribution in [0.1, 0.15) is 18.4 Å². The zero-order valence-electron chi connectivity index (χ0n) is 10.9. The van der Waals surface area contributed by atoms with Crippen LogP contribution in [0.3, 0.4) is 0 Å². The fourth-order valence-corrected chi connectivity index (χ4v) is 2.71. The van der Waals surface area contributed by atoms with Gasteiger partial charge in [-0.05, 0) is 36.6 Å². The number of hydrogen-bond donors (Lipinski definition) is 2. The van der Waals surface area contributed by atoms with E-state index in [-0.39, 0.29) is 11.6 Å². The van der Waals surface area contributed by atoms with Crippen LogP contribution in [0.25, 0.3) is 0 Å². The molecule has 0 aliphatic heterocycles. The maximum Gasteiger partial charge on any atom is 0.319 e. The van der Waals surface area contributed by atoms with Crippen molar-refractivity contribution in [2.75, 3.05) is 5.32 Å². The van der Waals surface area contributed by atoms with Gasteiger partial charge in [-0.15, -0.1) is 0 Å². The number of hydrogen-bond acceptors (Lipinski definition) is 1. The van der Waals surface area contributed by atoms with Gasteiger partial charge in [-0.2, -0.15) is 0 Å². The molecule has 1 aliphatic rings. The standard InChI is InChI=1S/C16H15BrN2O/c17-13-7-4-8-14(11-13)18-15(20)19-16(9-10-16)12-5-2-1-3-6-12/h1-8,11H,9-10H2,(H2,18,19,20). The quantitative estimate of drug-likeness (QED) is 0.867. The maximum atomic E-state index is 12.1. The van der Waals surface area contributed by atoms with E-state index in [0.29, 0.717) is 0 Å². The van der Waals surface area contributed by atoms with E-state index in [1.807, 2.05) is 42.5 Å². The van der Waals surface area contributed by atoms with Gasteiger partial charge in [0.05, 0.1) is 5.54 Å².